The first-order valence-electron chi connectivity index (χ1n) is 7.78. The zero-order valence-corrected chi connectivity index (χ0v) is 17.1. The number of carbonyl (C=O) groups is 1. The maximum Gasteiger partial charge on any atom is 0.243 e. The van der Waals surface area contributed by atoms with Gasteiger partial charge in [-0.2, -0.15) is 0 Å². The number of ether oxygens (including phenoxy) is 1. The molecule has 1 amide bonds. The van der Waals surface area contributed by atoms with Crippen LogP contribution in [0.1, 0.15) is 5.56 Å². The van der Waals surface area contributed by atoms with Crippen LogP contribution in [-0.2, 0) is 9.53 Å². The van der Waals surface area contributed by atoms with Crippen LogP contribution in [-0.4, -0.2) is 42.4 Å². The lowest BCUT2D eigenvalue weighted by molar-refractivity contribution is -0.113. The lowest BCUT2D eigenvalue weighted by Crippen LogP contribution is -2.15. The Hall–Kier alpha value is -2.00. The summed E-state index contributed by atoms with van der Waals surface area (Å²) in [5.41, 5.74) is 13.2. The van der Waals surface area contributed by atoms with Gasteiger partial charge in [0.2, 0.25) is 11.9 Å². The van der Waals surface area contributed by atoms with E-state index >= 15 is 0 Å². The summed E-state index contributed by atoms with van der Waals surface area (Å²) in [5, 5.41) is 4.46. The van der Waals surface area contributed by atoms with Crippen molar-refractivity contribution in [3.8, 4) is 11.3 Å². The van der Waals surface area contributed by atoms with Crippen LogP contribution in [0.4, 0.5) is 5.95 Å². The average Bonchev–Trinajstić information content (AvgIpc) is 2.62. The van der Waals surface area contributed by atoms with Crippen LogP contribution < -0.4 is 16.8 Å². The number of aromatic nitrogens is 2. The number of benzene rings is 1. The molecule has 27 heavy (non-hydrogen) atoms. The number of nitrogens with two attached hydrogens (primary N) is 2. The van der Waals surface area contributed by atoms with Crippen molar-refractivity contribution in [2.75, 3.05) is 31.8 Å². The Kier molecular flexibility index (Phi) is 7.73. The van der Waals surface area contributed by atoms with E-state index in [2.05, 4.69) is 15.3 Å². The standard InChI is InChI=1S/C17H19Cl2N5O2S/c1-26-6-5-22-17-23-15(9-3-4-10(18)11(19)7-9)14(16(24-17)27-2)12(20)8-13(21)25/h3-4,7-8H,5-6,20H2,1-2H3,(H2,21,25)(H,22,23,24)/b12-8-. The molecule has 0 spiro atoms. The van der Waals surface area contributed by atoms with Gasteiger partial charge in [-0.15, -0.1) is 11.8 Å². The topological polar surface area (TPSA) is 116 Å². The Labute approximate surface area is 171 Å². The van der Waals surface area contributed by atoms with Gasteiger partial charge in [-0.25, -0.2) is 9.97 Å². The molecule has 0 aliphatic heterocycles. The summed E-state index contributed by atoms with van der Waals surface area (Å²) < 4.78 is 5.03. The van der Waals surface area contributed by atoms with Gasteiger partial charge < -0.3 is 21.5 Å². The highest BCUT2D eigenvalue weighted by atomic mass is 35.5. The fraction of sp³-hybridized carbons (Fsp3) is 0.235. The molecule has 0 saturated carbocycles. The minimum atomic E-state index is -0.665. The predicted octanol–water partition coefficient (Wildman–Crippen LogP) is 3.02. The Bertz CT molecular complexity index is 877. The van der Waals surface area contributed by atoms with Crippen molar-refractivity contribution in [3.05, 3.63) is 39.9 Å². The number of rotatable bonds is 8. The van der Waals surface area contributed by atoms with E-state index in [-0.39, 0.29) is 5.70 Å². The van der Waals surface area contributed by atoms with Crippen LogP contribution in [0.15, 0.2) is 29.3 Å². The fourth-order valence-electron chi connectivity index (χ4n) is 2.27. The van der Waals surface area contributed by atoms with Gasteiger partial charge in [0.05, 0.1) is 27.9 Å². The van der Waals surface area contributed by atoms with Gasteiger partial charge >= 0.3 is 0 Å². The van der Waals surface area contributed by atoms with E-state index in [0.29, 0.717) is 51.0 Å². The van der Waals surface area contributed by atoms with Crippen molar-refractivity contribution in [3.63, 3.8) is 0 Å². The summed E-state index contributed by atoms with van der Waals surface area (Å²) in [6.07, 6.45) is 2.98. The number of amides is 1. The first-order chi connectivity index (χ1) is 12.9. The molecule has 144 valence electrons. The molecule has 0 atom stereocenters. The second-order valence-electron chi connectivity index (χ2n) is 5.33. The second-order valence-corrected chi connectivity index (χ2v) is 6.94. The highest BCUT2D eigenvalue weighted by molar-refractivity contribution is 7.98. The molecule has 1 heterocycles. The van der Waals surface area contributed by atoms with Crippen molar-refractivity contribution in [1.82, 2.24) is 9.97 Å². The molecular weight excluding hydrogens is 409 g/mol. The highest BCUT2D eigenvalue weighted by Crippen LogP contribution is 2.35. The monoisotopic (exact) mass is 427 g/mol. The third-order valence-corrected chi connectivity index (χ3v) is 4.86. The van der Waals surface area contributed by atoms with Crippen molar-refractivity contribution in [2.45, 2.75) is 5.03 Å². The maximum atomic E-state index is 11.3. The van der Waals surface area contributed by atoms with E-state index in [1.807, 2.05) is 6.26 Å². The summed E-state index contributed by atoms with van der Waals surface area (Å²) in [4.78, 5) is 20.4. The van der Waals surface area contributed by atoms with E-state index in [1.165, 1.54) is 11.8 Å². The van der Waals surface area contributed by atoms with Crippen LogP contribution in [0, 0.1) is 0 Å². The quantitative estimate of drug-likeness (QED) is 0.256. The van der Waals surface area contributed by atoms with Crippen LogP contribution in [0.3, 0.4) is 0 Å². The molecule has 0 saturated heterocycles. The number of hydrogen-bond acceptors (Lipinski definition) is 7. The minimum absolute atomic E-state index is 0.163. The number of nitrogens with zero attached hydrogens (tertiary/aromatic N) is 2. The normalized spacial score (nSPS) is 11.5. The fourth-order valence-corrected chi connectivity index (χ4v) is 3.16. The molecule has 2 rings (SSSR count). The molecule has 1 aromatic carbocycles. The highest BCUT2D eigenvalue weighted by Gasteiger charge is 2.19. The zero-order chi connectivity index (χ0) is 20.0. The van der Waals surface area contributed by atoms with Gasteiger partial charge in [-0.05, 0) is 18.4 Å². The molecule has 0 bridgehead atoms. The number of methoxy groups -OCH3 is 1. The molecule has 10 heteroatoms. The summed E-state index contributed by atoms with van der Waals surface area (Å²) in [6, 6.07) is 5.10. The molecule has 1 aromatic heterocycles. The van der Waals surface area contributed by atoms with Gasteiger partial charge in [0.1, 0.15) is 5.03 Å². The zero-order valence-electron chi connectivity index (χ0n) is 14.8. The second kappa shape index (κ2) is 9.80. The first kappa shape index (κ1) is 21.3. The molecule has 5 N–H and O–H groups in total. The Morgan fingerprint density at radius 3 is 2.63 bits per heavy atom. The molecule has 0 aliphatic carbocycles. The average molecular weight is 428 g/mol. The van der Waals surface area contributed by atoms with Crippen LogP contribution in [0.2, 0.25) is 10.0 Å². The summed E-state index contributed by atoms with van der Waals surface area (Å²) >= 11 is 13.6. The molecule has 0 unspecified atom stereocenters. The van der Waals surface area contributed by atoms with Crippen molar-refractivity contribution >= 4 is 52.5 Å². The number of anilines is 1. The molecular formula is C17H19Cl2N5O2S. The van der Waals surface area contributed by atoms with Gasteiger partial charge in [-0.3, -0.25) is 4.79 Å². The SMILES string of the molecule is COCCNc1nc(SC)c(/C(N)=C/C(N)=O)c(-c2ccc(Cl)c(Cl)c2)n1. The smallest absolute Gasteiger partial charge is 0.243 e. The first-order valence-corrected chi connectivity index (χ1v) is 9.76. The number of primary amides is 1. The predicted molar refractivity (Wildman–Crippen MR) is 111 cm³/mol. The van der Waals surface area contributed by atoms with E-state index in [0.717, 1.165) is 6.08 Å². The number of nitrogens with one attached hydrogen (secondary N) is 1. The summed E-state index contributed by atoms with van der Waals surface area (Å²) in [6.45, 7) is 1.02. The largest absolute Gasteiger partial charge is 0.398 e. The molecule has 0 radical (unpaired) electrons. The van der Waals surface area contributed by atoms with Crippen molar-refractivity contribution in [2.24, 2.45) is 11.5 Å². The Balaban J connectivity index is 2.68. The lowest BCUT2D eigenvalue weighted by Gasteiger charge is -2.16. The van der Waals surface area contributed by atoms with Gasteiger partial charge in [0.15, 0.2) is 0 Å². The van der Waals surface area contributed by atoms with E-state index in [4.69, 9.17) is 39.4 Å². The third kappa shape index (κ3) is 5.49. The summed E-state index contributed by atoms with van der Waals surface area (Å²) in [5.74, 6) is -0.268. The number of thioether (sulfide) groups is 1. The van der Waals surface area contributed by atoms with Gasteiger partial charge in [0.25, 0.3) is 0 Å². The Morgan fingerprint density at radius 2 is 2.04 bits per heavy atom. The van der Waals surface area contributed by atoms with E-state index < -0.39 is 5.91 Å². The molecule has 0 fully saturated rings. The Morgan fingerprint density at radius 1 is 1.30 bits per heavy atom. The van der Waals surface area contributed by atoms with E-state index in [9.17, 15) is 4.79 Å². The minimum Gasteiger partial charge on any atom is -0.398 e. The van der Waals surface area contributed by atoms with Gasteiger partial charge in [0, 0.05) is 31.0 Å². The van der Waals surface area contributed by atoms with Crippen molar-refractivity contribution < 1.29 is 9.53 Å². The van der Waals surface area contributed by atoms with E-state index in [1.54, 1.807) is 25.3 Å². The maximum absolute atomic E-state index is 11.3. The van der Waals surface area contributed by atoms with Crippen LogP contribution >= 0.6 is 35.0 Å². The van der Waals surface area contributed by atoms with Crippen LogP contribution in [0.25, 0.3) is 17.0 Å². The van der Waals surface area contributed by atoms with Crippen molar-refractivity contribution in [1.29, 1.82) is 0 Å². The number of halogens is 2. The van der Waals surface area contributed by atoms with Crippen LogP contribution in [0.5, 0.6) is 0 Å². The summed E-state index contributed by atoms with van der Waals surface area (Å²) in [7, 11) is 1.61. The molecule has 2 aromatic rings. The number of carbonyl (C=O) groups excluding carboxylic acids is 1. The molecule has 0 aliphatic rings. The third-order valence-electron chi connectivity index (χ3n) is 3.44. The lowest BCUT2D eigenvalue weighted by atomic mass is 10.0. The molecule has 7 nitrogen and oxygen atoms in total. The number of hydrogen-bond donors (Lipinski definition) is 3. The van der Waals surface area contributed by atoms with Gasteiger partial charge in [-0.1, -0.05) is 29.3 Å².